The Balaban J connectivity index is 0.000000276. The second kappa shape index (κ2) is 17.8. The van der Waals surface area contributed by atoms with Gasteiger partial charge in [-0.05, 0) is 33.8 Å². The number of aliphatic hydroxyl groups is 10. The highest BCUT2D eigenvalue weighted by molar-refractivity contribution is 5.96. The lowest BCUT2D eigenvalue weighted by atomic mass is 9.97. The number of Topliss-reactive ketones (excluding diaryl/α,β-unsaturated/α-hetero) is 3. The van der Waals surface area contributed by atoms with Crippen LogP contribution in [0.25, 0.3) is 0 Å². The van der Waals surface area contributed by atoms with Crippen LogP contribution < -0.4 is 0 Å². The second-order valence-electron chi connectivity index (χ2n) is 11.1. The van der Waals surface area contributed by atoms with Crippen LogP contribution in [0.5, 0.6) is 0 Å². The highest BCUT2D eigenvalue weighted by Crippen LogP contribution is 2.32. The van der Waals surface area contributed by atoms with Gasteiger partial charge in [-0.2, -0.15) is 0 Å². The van der Waals surface area contributed by atoms with Gasteiger partial charge in [-0.15, -0.1) is 0 Å². The van der Waals surface area contributed by atoms with Crippen molar-refractivity contribution < 1.29 is 88.8 Å². The molecule has 0 radical (unpaired) electrons. The molecule has 0 spiro atoms. The van der Waals surface area contributed by atoms with Gasteiger partial charge in [-0.1, -0.05) is 0 Å². The van der Waals surface area contributed by atoms with Crippen LogP contribution >= 0.6 is 0 Å². The maximum Gasteiger partial charge on any atom is 0.187 e. The molecule has 0 saturated carbocycles. The zero-order valence-electron chi connectivity index (χ0n) is 25.6. The first-order chi connectivity index (χ1) is 21.4. The number of aliphatic hydroxyl groups excluding tert-OH is 10. The summed E-state index contributed by atoms with van der Waals surface area (Å²) in [6.07, 6.45) is -18.1. The van der Waals surface area contributed by atoms with Gasteiger partial charge in [0, 0.05) is 0 Å². The topological polar surface area (TPSA) is 304 Å². The molecule has 0 aromatic carbocycles. The molecule has 3 aliphatic heterocycles. The van der Waals surface area contributed by atoms with Crippen LogP contribution in [0.4, 0.5) is 0 Å². The number of ketones is 3. The summed E-state index contributed by atoms with van der Waals surface area (Å²) < 4.78 is 25.8. The third-order valence-electron chi connectivity index (χ3n) is 7.22. The van der Waals surface area contributed by atoms with Crippen molar-refractivity contribution in [2.24, 2.45) is 0 Å². The summed E-state index contributed by atoms with van der Waals surface area (Å²) in [5, 5.41) is 95.4. The van der Waals surface area contributed by atoms with Crippen molar-refractivity contribution in [1.82, 2.24) is 0 Å². The molecule has 18 heteroatoms. The van der Waals surface area contributed by atoms with E-state index in [4.69, 9.17) is 28.5 Å². The van der Waals surface area contributed by atoms with E-state index >= 15 is 0 Å². The molecule has 46 heavy (non-hydrogen) atoms. The molecule has 3 aliphatic rings. The molecule has 3 fully saturated rings. The van der Waals surface area contributed by atoms with E-state index in [1.54, 1.807) is 13.0 Å². The Morgan fingerprint density at radius 3 is 1.80 bits per heavy atom. The Kier molecular flexibility index (Phi) is 15.4. The molecule has 4 heterocycles. The molecule has 13 atom stereocenters. The molecule has 1 aromatic rings. The summed E-state index contributed by atoms with van der Waals surface area (Å²) in [5.74, 6) is 0.659. The van der Waals surface area contributed by atoms with Gasteiger partial charge in [0.15, 0.2) is 18.4 Å². The van der Waals surface area contributed by atoms with Gasteiger partial charge >= 0.3 is 0 Å². The van der Waals surface area contributed by atoms with Gasteiger partial charge < -0.3 is 74.4 Å². The fourth-order valence-electron chi connectivity index (χ4n) is 4.77. The van der Waals surface area contributed by atoms with Gasteiger partial charge in [0.1, 0.15) is 90.2 Å². The standard InChI is InChI=1S/C12H22O11.C11H14O5.C5H8O2/c13-1-3-5(15)6(16)9(19)12(22-3)23-10-4(2-14)21-11(20)8(18)7(10)17;1-5(12)7-3-9(16-6(7)2)11-10(14)8(13)4-15-11;1-4(6)3-5(2)7/h3-20H,1-2H2;3,8,10-11,13-14H,4H2,1-2H3;3H2,1-2H3/t3?,4-,5+,6-,7?,8?,9?,10+,11+,12-;;/m0../s1. The maximum absolute atomic E-state index is 11.2. The van der Waals surface area contributed by atoms with Crippen LogP contribution in [0.3, 0.4) is 0 Å². The van der Waals surface area contributed by atoms with E-state index in [9.17, 15) is 60.3 Å². The normalized spacial score (nSPS) is 37.4. The molecule has 0 amide bonds. The first-order valence-electron chi connectivity index (χ1n) is 14.3. The largest absolute Gasteiger partial charge is 0.463 e. The van der Waals surface area contributed by atoms with E-state index in [1.807, 2.05) is 0 Å². The number of hydrogen-bond donors (Lipinski definition) is 10. The van der Waals surface area contributed by atoms with Crippen molar-refractivity contribution >= 4 is 17.3 Å². The van der Waals surface area contributed by atoms with E-state index < -0.39 is 92.9 Å². The lowest BCUT2D eigenvalue weighted by Gasteiger charge is -2.45. The second-order valence-corrected chi connectivity index (χ2v) is 11.1. The summed E-state index contributed by atoms with van der Waals surface area (Å²) in [5.41, 5.74) is 0.479. The summed E-state index contributed by atoms with van der Waals surface area (Å²) in [6, 6.07) is 1.56. The van der Waals surface area contributed by atoms with Gasteiger partial charge in [-0.25, -0.2) is 0 Å². The van der Waals surface area contributed by atoms with E-state index in [1.165, 1.54) is 20.8 Å². The van der Waals surface area contributed by atoms with Gasteiger partial charge in [-0.3, -0.25) is 14.4 Å². The summed E-state index contributed by atoms with van der Waals surface area (Å²) in [4.78, 5) is 31.3. The van der Waals surface area contributed by atoms with Crippen LogP contribution in [0.15, 0.2) is 10.5 Å². The number of hydrogen-bond acceptors (Lipinski definition) is 18. The predicted octanol–water partition coefficient (Wildman–Crippen LogP) is -4.26. The van der Waals surface area contributed by atoms with Crippen molar-refractivity contribution in [2.45, 2.75) is 114 Å². The van der Waals surface area contributed by atoms with E-state index in [-0.39, 0.29) is 30.4 Å². The monoisotopic (exact) mass is 668 g/mol. The lowest BCUT2D eigenvalue weighted by molar-refractivity contribution is -0.355. The van der Waals surface area contributed by atoms with Crippen LogP contribution in [0, 0.1) is 6.92 Å². The summed E-state index contributed by atoms with van der Waals surface area (Å²) >= 11 is 0. The third-order valence-corrected chi connectivity index (χ3v) is 7.22. The highest BCUT2D eigenvalue weighted by atomic mass is 16.7. The van der Waals surface area contributed by atoms with E-state index in [2.05, 4.69) is 0 Å². The third kappa shape index (κ3) is 10.1. The number of carbonyl (C=O) groups excluding carboxylic acids is 3. The van der Waals surface area contributed by atoms with Crippen LogP contribution in [-0.2, 0) is 28.5 Å². The van der Waals surface area contributed by atoms with Crippen LogP contribution in [-0.4, -0.2) is 162 Å². The zero-order chi connectivity index (χ0) is 35.0. The maximum atomic E-state index is 11.2. The molecule has 1 aromatic heterocycles. The van der Waals surface area contributed by atoms with Gasteiger partial charge in [0.25, 0.3) is 0 Å². The quantitative estimate of drug-likeness (QED) is 0.0926. The van der Waals surface area contributed by atoms with Gasteiger partial charge in [0.2, 0.25) is 0 Å². The molecule has 264 valence electrons. The first-order valence-corrected chi connectivity index (χ1v) is 14.3. The molecule has 0 aliphatic carbocycles. The average Bonchev–Trinajstić information content (AvgIpc) is 3.54. The number of furan rings is 1. The molecule has 18 nitrogen and oxygen atoms in total. The zero-order valence-corrected chi connectivity index (χ0v) is 25.6. The minimum atomic E-state index is -1.74. The minimum Gasteiger partial charge on any atom is -0.463 e. The Bertz CT molecular complexity index is 1120. The lowest BCUT2D eigenvalue weighted by Crippen LogP contribution is -2.64. The minimum absolute atomic E-state index is 0.0625. The fourth-order valence-corrected chi connectivity index (χ4v) is 4.77. The first kappa shape index (κ1) is 39.9. The van der Waals surface area contributed by atoms with Crippen molar-refractivity contribution in [1.29, 1.82) is 0 Å². The Morgan fingerprint density at radius 2 is 1.37 bits per heavy atom. The number of aryl methyl sites for hydroxylation is 1. The molecule has 7 unspecified atom stereocenters. The number of carbonyl (C=O) groups is 3. The van der Waals surface area contributed by atoms with Crippen molar-refractivity contribution in [2.75, 3.05) is 19.8 Å². The summed E-state index contributed by atoms with van der Waals surface area (Å²) in [7, 11) is 0. The number of rotatable bonds is 8. The highest BCUT2D eigenvalue weighted by Gasteiger charge is 2.50. The SMILES string of the molecule is CC(=O)CC(C)=O.CC(=O)c1cc(C2OCC(O)C2O)oc1C.OCC1O[C@@H](O[C@H]2C(O)C(O)[C@H](O)O[C@H]2CO)C(O)[C@@H](O)[C@@H]1O. The molecule has 3 saturated heterocycles. The van der Waals surface area contributed by atoms with E-state index in [0.717, 1.165) is 0 Å². The predicted molar refractivity (Wildman–Crippen MR) is 149 cm³/mol. The Hall–Kier alpha value is -2.27. The molecular weight excluding hydrogens is 624 g/mol. The smallest absolute Gasteiger partial charge is 0.187 e. The Labute approximate surface area is 263 Å². The average molecular weight is 669 g/mol. The van der Waals surface area contributed by atoms with Crippen molar-refractivity contribution in [3.05, 3.63) is 23.2 Å². The van der Waals surface area contributed by atoms with E-state index in [0.29, 0.717) is 17.1 Å². The van der Waals surface area contributed by atoms with Crippen LogP contribution in [0.1, 0.15) is 55.2 Å². The fraction of sp³-hybridized carbons (Fsp3) is 0.750. The van der Waals surface area contributed by atoms with Crippen molar-refractivity contribution in [3.8, 4) is 0 Å². The summed E-state index contributed by atoms with van der Waals surface area (Å²) in [6.45, 7) is 4.66. The van der Waals surface area contributed by atoms with Gasteiger partial charge in [0.05, 0.1) is 31.8 Å². The molecular formula is C28H44O18. The molecule has 0 bridgehead atoms. The van der Waals surface area contributed by atoms with Crippen molar-refractivity contribution in [3.63, 3.8) is 0 Å². The Morgan fingerprint density at radius 1 is 0.783 bits per heavy atom. The van der Waals surface area contributed by atoms with Crippen LogP contribution in [0.2, 0.25) is 0 Å². The molecule has 10 N–H and O–H groups in total. The number of ether oxygens (including phenoxy) is 4. The molecule has 4 rings (SSSR count).